The Morgan fingerprint density at radius 2 is 1.68 bits per heavy atom. The van der Waals surface area contributed by atoms with Crippen LogP contribution < -0.4 is 5.32 Å². The summed E-state index contributed by atoms with van der Waals surface area (Å²) in [7, 11) is 0. The molecule has 0 aromatic carbocycles. The summed E-state index contributed by atoms with van der Waals surface area (Å²) in [6, 6.07) is -0.152. The predicted octanol–water partition coefficient (Wildman–Crippen LogP) is 5.49. The number of rotatable bonds is 13. The number of carbonyl (C=O) groups is 1. The van der Waals surface area contributed by atoms with Gasteiger partial charge >= 0.3 is 0 Å². The molecule has 3 heteroatoms. The van der Waals surface area contributed by atoms with Crippen LogP contribution in [0.2, 0.25) is 0 Å². The SMILES string of the molecule is C[C@H](CO)NC(=O)CCC/C=C\C/C=C\C/C=C\C/C=C\C1CC2CCC1C2. The van der Waals surface area contributed by atoms with Crippen molar-refractivity contribution in [2.45, 2.75) is 77.2 Å². The second kappa shape index (κ2) is 13.5. The van der Waals surface area contributed by atoms with Gasteiger partial charge in [-0.2, -0.15) is 0 Å². The first-order chi connectivity index (χ1) is 13.7. The fourth-order valence-electron chi connectivity index (χ4n) is 4.39. The summed E-state index contributed by atoms with van der Waals surface area (Å²) in [5, 5.41) is 11.6. The van der Waals surface area contributed by atoms with Gasteiger partial charge < -0.3 is 10.4 Å². The molecule has 2 N–H and O–H groups in total. The molecule has 0 heterocycles. The van der Waals surface area contributed by atoms with E-state index < -0.39 is 0 Å². The Hall–Kier alpha value is -1.61. The molecule has 3 nitrogen and oxygen atoms in total. The first kappa shape index (κ1) is 22.7. The van der Waals surface area contributed by atoms with Crippen molar-refractivity contribution in [3.8, 4) is 0 Å². The Morgan fingerprint density at radius 1 is 1.00 bits per heavy atom. The summed E-state index contributed by atoms with van der Waals surface area (Å²) in [6.07, 6.45) is 29.2. The Labute approximate surface area is 171 Å². The molecule has 156 valence electrons. The number of aliphatic hydroxyl groups is 1. The molecule has 0 spiro atoms. The molecule has 0 aromatic heterocycles. The molecule has 4 atom stereocenters. The fourth-order valence-corrected chi connectivity index (χ4v) is 4.39. The van der Waals surface area contributed by atoms with Gasteiger partial charge in [0.2, 0.25) is 5.91 Å². The van der Waals surface area contributed by atoms with Crippen molar-refractivity contribution in [1.82, 2.24) is 5.32 Å². The highest BCUT2D eigenvalue weighted by Gasteiger charge is 2.37. The van der Waals surface area contributed by atoms with E-state index in [1.165, 1.54) is 25.7 Å². The third kappa shape index (κ3) is 9.05. The van der Waals surface area contributed by atoms with E-state index in [9.17, 15) is 4.79 Å². The summed E-state index contributed by atoms with van der Waals surface area (Å²) in [5.41, 5.74) is 0. The lowest BCUT2D eigenvalue weighted by atomic mass is 9.88. The number of allylic oxidation sites excluding steroid dienone is 8. The quantitative estimate of drug-likeness (QED) is 0.325. The number of nitrogens with one attached hydrogen (secondary N) is 1. The number of carbonyl (C=O) groups excluding carboxylic acids is 1. The summed E-state index contributed by atoms with van der Waals surface area (Å²) in [4.78, 5) is 11.5. The Bertz CT molecular complexity index is 561. The third-order valence-corrected chi connectivity index (χ3v) is 5.95. The molecule has 0 radical (unpaired) electrons. The zero-order valence-corrected chi connectivity index (χ0v) is 17.6. The third-order valence-electron chi connectivity index (χ3n) is 5.95. The van der Waals surface area contributed by atoms with Gasteiger partial charge in [-0.3, -0.25) is 4.79 Å². The van der Waals surface area contributed by atoms with Crippen LogP contribution in [0.5, 0.6) is 0 Å². The van der Waals surface area contributed by atoms with Crippen molar-refractivity contribution < 1.29 is 9.90 Å². The van der Waals surface area contributed by atoms with E-state index in [0.29, 0.717) is 6.42 Å². The standard InChI is InChI=1S/C25H39NO2/c1-21(20-27)26-25(28)15-13-11-9-7-5-3-2-4-6-8-10-12-14-23-18-22-16-17-24(23)19-22/h2-3,6-9,12,14,21-24,27H,4-5,10-11,13,15-20H2,1H3,(H,26,28)/b3-2-,8-6-,9-7-,14-12-/t21-,22?,23?,24?/m1/s1. The normalized spacial score (nSPS) is 25.7. The van der Waals surface area contributed by atoms with Crippen LogP contribution in [0.15, 0.2) is 48.6 Å². The number of hydrogen-bond donors (Lipinski definition) is 2. The van der Waals surface area contributed by atoms with Crippen LogP contribution in [0, 0.1) is 17.8 Å². The molecule has 2 bridgehead atoms. The largest absolute Gasteiger partial charge is 0.394 e. The second-order valence-electron chi connectivity index (χ2n) is 8.43. The zero-order chi connectivity index (χ0) is 20.0. The smallest absolute Gasteiger partial charge is 0.220 e. The van der Waals surface area contributed by atoms with Crippen LogP contribution in [0.25, 0.3) is 0 Å². The highest BCUT2D eigenvalue weighted by Crippen LogP contribution is 2.48. The summed E-state index contributed by atoms with van der Waals surface area (Å²) in [5.74, 6) is 2.92. The summed E-state index contributed by atoms with van der Waals surface area (Å²) < 4.78 is 0. The van der Waals surface area contributed by atoms with E-state index in [0.717, 1.165) is 49.9 Å². The maximum absolute atomic E-state index is 11.5. The maximum atomic E-state index is 11.5. The minimum Gasteiger partial charge on any atom is -0.394 e. The number of hydrogen-bond acceptors (Lipinski definition) is 2. The van der Waals surface area contributed by atoms with Crippen LogP contribution in [-0.2, 0) is 4.79 Å². The number of aliphatic hydroxyl groups excluding tert-OH is 1. The molecular weight excluding hydrogens is 346 g/mol. The van der Waals surface area contributed by atoms with E-state index in [-0.39, 0.29) is 18.6 Å². The van der Waals surface area contributed by atoms with E-state index in [1.54, 1.807) is 6.92 Å². The molecule has 28 heavy (non-hydrogen) atoms. The van der Waals surface area contributed by atoms with Gasteiger partial charge in [0.05, 0.1) is 6.61 Å². The van der Waals surface area contributed by atoms with Gasteiger partial charge in [0.15, 0.2) is 0 Å². The molecule has 2 rings (SSSR count). The first-order valence-electron chi connectivity index (χ1n) is 11.2. The van der Waals surface area contributed by atoms with Gasteiger partial charge in [-0.05, 0) is 76.0 Å². The van der Waals surface area contributed by atoms with E-state index in [1.807, 2.05) is 0 Å². The topological polar surface area (TPSA) is 49.3 Å². The van der Waals surface area contributed by atoms with E-state index in [4.69, 9.17) is 5.11 Å². The minimum atomic E-state index is -0.152. The first-order valence-corrected chi connectivity index (χ1v) is 11.2. The Morgan fingerprint density at radius 3 is 2.29 bits per heavy atom. The lowest BCUT2D eigenvalue weighted by molar-refractivity contribution is -0.122. The molecule has 0 saturated heterocycles. The van der Waals surface area contributed by atoms with Crippen molar-refractivity contribution in [1.29, 1.82) is 0 Å². The van der Waals surface area contributed by atoms with Crippen molar-refractivity contribution in [2.24, 2.45) is 17.8 Å². The molecule has 0 aliphatic heterocycles. The van der Waals surface area contributed by atoms with Crippen molar-refractivity contribution in [2.75, 3.05) is 6.61 Å². The molecule has 2 saturated carbocycles. The van der Waals surface area contributed by atoms with Gasteiger partial charge in [-0.1, -0.05) is 55.0 Å². The average molecular weight is 386 g/mol. The molecule has 3 unspecified atom stereocenters. The lowest BCUT2D eigenvalue weighted by Crippen LogP contribution is -2.34. The number of unbranched alkanes of at least 4 members (excludes halogenated alkanes) is 1. The van der Waals surface area contributed by atoms with Crippen LogP contribution >= 0.6 is 0 Å². The predicted molar refractivity (Wildman–Crippen MR) is 118 cm³/mol. The molecule has 0 aromatic rings. The molecule has 2 aliphatic rings. The molecular formula is C25H39NO2. The van der Waals surface area contributed by atoms with Crippen molar-refractivity contribution in [3.63, 3.8) is 0 Å². The van der Waals surface area contributed by atoms with Gasteiger partial charge in [0.25, 0.3) is 0 Å². The van der Waals surface area contributed by atoms with E-state index >= 15 is 0 Å². The lowest BCUT2D eigenvalue weighted by Gasteiger charge is -2.17. The monoisotopic (exact) mass is 385 g/mol. The summed E-state index contributed by atoms with van der Waals surface area (Å²) in [6.45, 7) is 1.79. The fraction of sp³-hybridized carbons (Fsp3) is 0.640. The van der Waals surface area contributed by atoms with Crippen LogP contribution in [0.4, 0.5) is 0 Å². The highest BCUT2D eigenvalue weighted by molar-refractivity contribution is 5.76. The number of fused-ring (bicyclic) bond motifs is 2. The summed E-state index contributed by atoms with van der Waals surface area (Å²) >= 11 is 0. The van der Waals surface area contributed by atoms with Crippen LogP contribution in [0.3, 0.4) is 0 Å². The highest BCUT2D eigenvalue weighted by atomic mass is 16.3. The van der Waals surface area contributed by atoms with Gasteiger partial charge in [-0.15, -0.1) is 0 Å². The maximum Gasteiger partial charge on any atom is 0.220 e. The second-order valence-corrected chi connectivity index (χ2v) is 8.43. The van der Waals surface area contributed by atoms with Crippen LogP contribution in [0.1, 0.15) is 71.1 Å². The van der Waals surface area contributed by atoms with Gasteiger partial charge in [0, 0.05) is 12.5 Å². The average Bonchev–Trinajstić information content (AvgIpc) is 3.31. The van der Waals surface area contributed by atoms with Gasteiger partial charge in [-0.25, -0.2) is 0 Å². The molecule has 2 fully saturated rings. The Kier molecular flexibility index (Phi) is 11.0. The minimum absolute atomic E-state index is 0.00880. The number of amides is 1. The molecule has 1 amide bonds. The van der Waals surface area contributed by atoms with Crippen molar-refractivity contribution >= 4 is 5.91 Å². The van der Waals surface area contributed by atoms with Crippen LogP contribution in [-0.4, -0.2) is 23.7 Å². The Balaban J connectivity index is 1.41. The van der Waals surface area contributed by atoms with Gasteiger partial charge in [0.1, 0.15) is 0 Å². The van der Waals surface area contributed by atoms with Crippen molar-refractivity contribution in [3.05, 3.63) is 48.6 Å². The van der Waals surface area contributed by atoms with E-state index in [2.05, 4.69) is 53.9 Å². The molecule has 2 aliphatic carbocycles. The zero-order valence-electron chi connectivity index (χ0n) is 17.6.